The molecular weight excluding hydrogens is 504 g/mol. The lowest BCUT2D eigenvalue weighted by Crippen LogP contribution is -2.33. The fourth-order valence-corrected chi connectivity index (χ4v) is 6.29. The van der Waals surface area contributed by atoms with Crippen LogP contribution in [0.1, 0.15) is 73.1 Å². The van der Waals surface area contributed by atoms with Crippen LogP contribution in [0.25, 0.3) is 10.9 Å². The number of ether oxygens (including phenoxy) is 2. The molecule has 8 heteroatoms. The average molecular weight is 545 g/mol. The Bertz CT molecular complexity index is 1420. The number of phenols is 1. The van der Waals surface area contributed by atoms with Crippen molar-refractivity contribution in [1.29, 1.82) is 0 Å². The summed E-state index contributed by atoms with van der Waals surface area (Å²) >= 11 is 0. The molecule has 0 spiro atoms. The van der Waals surface area contributed by atoms with Crippen molar-refractivity contribution in [3.05, 3.63) is 52.7 Å². The second kappa shape index (κ2) is 11.2. The molecule has 2 aromatic carbocycles. The highest BCUT2D eigenvalue weighted by Crippen LogP contribution is 2.34. The number of ketones is 1. The molecule has 2 aliphatic heterocycles. The van der Waals surface area contributed by atoms with Crippen LogP contribution in [0.5, 0.6) is 11.5 Å². The molecule has 1 unspecified atom stereocenters. The van der Waals surface area contributed by atoms with Crippen LogP contribution in [0.3, 0.4) is 0 Å². The second-order valence-electron chi connectivity index (χ2n) is 12.2. The third-order valence-corrected chi connectivity index (χ3v) is 8.50. The van der Waals surface area contributed by atoms with Crippen LogP contribution in [-0.2, 0) is 24.0 Å². The lowest BCUT2D eigenvalue weighted by molar-refractivity contribution is 0.0910. The number of carbonyl (C=O) groups is 1. The van der Waals surface area contributed by atoms with E-state index < -0.39 is 0 Å². The quantitative estimate of drug-likeness (QED) is 0.296. The van der Waals surface area contributed by atoms with Crippen molar-refractivity contribution in [1.82, 2.24) is 15.1 Å². The van der Waals surface area contributed by atoms with Gasteiger partial charge in [-0.25, -0.2) is 4.99 Å². The Balaban J connectivity index is 1.15. The number of hydrogen-bond donors (Lipinski definition) is 2. The predicted octanol–water partition coefficient (Wildman–Crippen LogP) is 5.26. The van der Waals surface area contributed by atoms with Gasteiger partial charge in [-0.1, -0.05) is 12.5 Å². The van der Waals surface area contributed by atoms with Gasteiger partial charge in [0.05, 0.1) is 28.7 Å². The first-order valence-electron chi connectivity index (χ1n) is 14.8. The number of nitrogens with one attached hydrogen (secondary N) is 1. The van der Waals surface area contributed by atoms with Gasteiger partial charge in [-0.15, -0.1) is 0 Å². The number of carbonyl (C=O) groups excluding carboxylic acids is 1. The number of benzene rings is 2. The number of aliphatic imine (C=N–C) groups is 1. The molecule has 1 fully saturated rings. The molecule has 1 aromatic heterocycles. The van der Waals surface area contributed by atoms with E-state index in [1.807, 2.05) is 19.9 Å². The molecule has 40 heavy (non-hydrogen) atoms. The minimum Gasteiger partial charge on any atom is -0.507 e. The third kappa shape index (κ3) is 5.87. The number of aromatic nitrogens is 2. The van der Waals surface area contributed by atoms with E-state index in [-0.39, 0.29) is 23.0 Å². The van der Waals surface area contributed by atoms with Gasteiger partial charge in [0, 0.05) is 23.9 Å². The van der Waals surface area contributed by atoms with Crippen molar-refractivity contribution in [3.63, 3.8) is 0 Å². The van der Waals surface area contributed by atoms with E-state index in [1.54, 1.807) is 12.1 Å². The van der Waals surface area contributed by atoms with Crippen LogP contribution in [0.15, 0.2) is 35.3 Å². The summed E-state index contributed by atoms with van der Waals surface area (Å²) in [4.78, 5) is 20.9. The van der Waals surface area contributed by atoms with Gasteiger partial charge in [0.25, 0.3) is 0 Å². The average Bonchev–Trinajstić information content (AvgIpc) is 3.41. The molecule has 0 bridgehead atoms. The van der Waals surface area contributed by atoms with Gasteiger partial charge < -0.3 is 14.6 Å². The Morgan fingerprint density at radius 1 is 1.15 bits per heavy atom. The fourth-order valence-electron chi connectivity index (χ4n) is 6.29. The van der Waals surface area contributed by atoms with Crippen molar-refractivity contribution in [2.24, 2.45) is 10.9 Å². The third-order valence-electron chi connectivity index (χ3n) is 8.50. The smallest absolute Gasteiger partial charge is 0.190 e. The topological polar surface area (TPSA) is 100 Å². The first kappa shape index (κ1) is 26.8. The van der Waals surface area contributed by atoms with Gasteiger partial charge in [0.2, 0.25) is 0 Å². The number of rotatable bonds is 8. The van der Waals surface area contributed by atoms with Crippen LogP contribution in [0.2, 0.25) is 0 Å². The summed E-state index contributed by atoms with van der Waals surface area (Å²) in [5.41, 5.74) is 4.04. The monoisotopic (exact) mass is 544 g/mol. The number of nitrogens with zero attached hydrogens (tertiary/aromatic N) is 3. The SMILES string of the molecule is CC1(C)COC(Cc2n[nH]c3cc(O)c(C(=O)C4CCCc5cc(OCCN6CCCCC6)ccc5C4)cc23)=N1. The lowest BCUT2D eigenvalue weighted by Gasteiger charge is -2.26. The largest absolute Gasteiger partial charge is 0.507 e. The van der Waals surface area contributed by atoms with E-state index in [9.17, 15) is 9.90 Å². The summed E-state index contributed by atoms with van der Waals surface area (Å²) in [5, 5.41) is 19.1. The van der Waals surface area contributed by atoms with E-state index in [2.05, 4.69) is 32.2 Å². The summed E-state index contributed by atoms with van der Waals surface area (Å²) < 4.78 is 11.9. The van der Waals surface area contributed by atoms with Gasteiger partial charge in [0.1, 0.15) is 24.7 Å². The summed E-state index contributed by atoms with van der Waals surface area (Å²) in [5.74, 6) is 1.35. The maximum atomic E-state index is 13.8. The van der Waals surface area contributed by atoms with Crippen LogP contribution < -0.4 is 4.74 Å². The molecule has 0 amide bonds. The second-order valence-corrected chi connectivity index (χ2v) is 12.2. The summed E-state index contributed by atoms with van der Waals surface area (Å²) in [6.07, 6.45) is 7.67. The number of aryl methyl sites for hydroxylation is 1. The number of hydrogen-bond acceptors (Lipinski definition) is 7. The number of likely N-dealkylation sites (tertiary alicyclic amines) is 1. The molecule has 3 aromatic rings. The number of phenolic OH excluding ortho intramolecular Hbond substituents is 1. The summed E-state index contributed by atoms with van der Waals surface area (Å²) in [6, 6.07) is 9.72. The number of Topliss-reactive ketones (excluding diaryl/α,β-unsaturated/α-hetero) is 1. The molecule has 1 atom stereocenters. The molecular formula is C32H40N4O4. The molecule has 0 saturated carbocycles. The van der Waals surface area contributed by atoms with Gasteiger partial charge in [0.15, 0.2) is 11.7 Å². The van der Waals surface area contributed by atoms with Crippen molar-refractivity contribution >= 4 is 22.6 Å². The fraction of sp³-hybridized carbons (Fsp3) is 0.531. The molecule has 1 aliphatic carbocycles. The van der Waals surface area contributed by atoms with E-state index in [4.69, 9.17) is 9.47 Å². The highest BCUT2D eigenvalue weighted by atomic mass is 16.5. The van der Waals surface area contributed by atoms with Crippen molar-refractivity contribution in [2.45, 2.75) is 70.8 Å². The van der Waals surface area contributed by atoms with E-state index in [1.165, 1.54) is 43.5 Å². The number of H-pyrrole nitrogens is 1. The molecule has 3 aliphatic rings. The first-order valence-corrected chi connectivity index (χ1v) is 14.8. The zero-order chi connectivity index (χ0) is 27.7. The van der Waals surface area contributed by atoms with Crippen molar-refractivity contribution < 1.29 is 19.4 Å². The Morgan fingerprint density at radius 2 is 2.00 bits per heavy atom. The first-order chi connectivity index (χ1) is 19.3. The predicted molar refractivity (Wildman–Crippen MR) is 156 cm³/mol. The summed E-state index contributed by atoms with van der Waals surface area (Å²) in [6.45, 7) is 8.64. The van der Waals surface area contributed by atoms with Gasteiger partial charge in [-0.2, -0.15) is 5.10 Å². The molecule has 0 radical (unpaired) electrons. The highest BCUT2D eigenvalue weighted by Gasteiger charge is 2.29. The normalized spacial score (nSPS) is 20.9. The summed E-state index contributed by atoms with van der Waals surface area (Å²) in [7, 11) is 0. The van der Waals surface area contributed by atoms with Gasteiger partial charge >= 0.3 is 0 Å². The van der Waals surface area contributed by atoms with E-state index in [0.717, 1.165) is 42.6 Å². The Hall–Kier alpha value is -3.39. The lowest BCUT2D eigenvalue weighted by atomic mass is 9.88. The van der Waals surface area contributed by atoms with Crippen molar-refractivity contribution in [2.75, 3.05) is 32.8 Å². The molecule has 1 saturated heterocycles. The number of fused-ring (bicyclic) bond motifs is 2. The minimum atomic E-state index is -0.239. The molecule has 3 heterocycles. The van der Waals surface area contributed by atoms with Gasteiger partial charge in [-0.05, 0) is 94.8 Å². The Morgan fingerprint density at radius 3 is 2.80 bits per heavy atom. The van der Waals surface area contributed by atoms with Crippen LogP contribution in [0.4, 0.5) is 0 Å². The highest BCUT2D eigenvalue weighted by molar-refractivity contribution is 6.04. The van der Waals surface area contributed by atoms with Crippen LogP contribution in [0, 0.1) is 5.92 Å². The van der Waals surface area contributed by atoms with E-state index in [0.29, 0.717) is 43.0 Å². The zero-order valence-corrected chi connectivity index (χ0v) is 23.7. The van der Waals surface area contributed by atoms with E-state index >= 15 is 0 Å². The van der Waals surface area contributed by atoms with Crippen LogP contribution >= 0.6 is 0 Å². The zero-order valence-electron chi connectivity index (χ0n) is 23.7. The Kier molecular flexibility index (Phi) is 7.53. The minimum absolute atomic E-state index is 0.00906. The van der Waals surface area contributed by atoms with Crippen LogP contribution in [-0.4, -0.2) is 70.3 Å². The number of aromatic amines is 1. The van der Waals surface area contributed by atoms with Crippen molar-refractivity contribution in [3.8, 4) is 11.5 Å². The number of piperidine rings is 1. The maximum absolute atomic E-state index is 13.8. The molecule has 2 N–H and O–H groups in total. The number of aromatic hydroxyl groups is 1. The standard InChI is InChI=1S/C32H40N4O4/c1-32(2)20-40-30(33-32)19-28-25-17-26(29(37)18-27(25)34-35-28)31(38)23-8-6-7-21-16-24(10-9-22(21)15-23)39-14-13-36-11-4-3-5-12-36/h9-10,16-18,23,37H,3-8,11-15,19-20H2,1-2H3,(H,34,35). The maximum Gasteiger partial charge on any atom is 0.190 e. The Labute approximate surface area is 235 Å². The molecule has 212 valence electrons. The molecule has 8 nitrogen and oxygen atoms in total. The molecule has 6 rings (SSSR count). The van der Waals surface area contributed by atoms with Gasteiger partial charge in [-0.3, -0.25) is 14.8 Å².